The molecular formula is C20H21N7O3. The van der Waals surface area contributed by atoms with E-state index >= 15 is 0 Å². The number of nitrogens with zero attached hydrogens (tertiary/aromatic N) is 4. The Morgan fingerprint density at radius 3 is 2.63 bits per heavy atom. The van der Waals surface area contributed by atoms with Gasteiger partial charge in [-0.2, -0.15) is 5.21 Å². The molecule has 1 aromatic carbocycles. The van der Waals surface area contributed by atoms with Crippen LogP contribution < -0.4 is 5.69 Å². The molecule has 0 spiro atoms. The van der Waals surface area contributed by atoms with E-state index < -0.39 is 11.9 Å². The van der Waals surface area contributed by atoms with Crippen molar-refractivity contribution in [3.63, 3.8) is 0 Å². The van der Waals surface area contributed by atoms with Crippen molar-refractivity contribution in [1.82, 2.24) is 35.6 Å². The quantitative estimate of drug-likeness (QED) is 0.349. The molecule has 4 N–H and O–H groups in total. The molecule has 0 amide bonds. The first kappa shape index (κ1) is 19.5. The van der Waals surface area contributed by atoms with Crippen molar-refractivity contribution in [1.29, 1.82) is 0 Å². The molecule has 3 heterocycles. The van der Waals surface area contributed by atoms with Crippen LogP contribution in [0.5, 0.6) is 0 Å². The lowest BCUT2D eigenvalue weighted by Crippen LogP contribution is -2.25. The van der Waals surface area contributed by atoms with Crippen LogP contribution in [0.15, 0.2) is 41.3 Å². The third kappa shape index (κ3) is 3.97. The summed E-state index contributed by atoms with van der Waals surface area (Å²) in [6.45, 7) is 1.96. The molecule has 0 aliphatic rings. The van der Waals surface area contributed by atoms with Gasteiger partial charge in [-0.1, -0.05) is 42.8 Å². The van der Waals surface area contributed by atoms with Gasteiger partial charge in [0.1, 0.15) is 0 Å². The molecule has 154 valence electrons. The van der Waals surface area contributed by atoms with Crippen LogP contribution in [0.2, 0.25) is 0 Å². The summed E-state index contributed by atoms with van der Waals surface area (Å²) < 4.78 is 0. The second-order valence-electron chi connectivity index (χ2n) is 7.21. The van der Waals surface area contributed by atoms with Crippen LogP contribution in [0.3, 0.4) is 0 Å². The second-order valence-corrected chi connectivity index (χ2v) is 7.21. The lowest BCUT2D eigenvalue weighted by molar-refractivity contribution is -0.142. The first-order valence-electron chi connectivity index (χ1n) is 9.68. The van der Waals surface area contributed by atoms with E-state index in [1.165, 1.54) is 0 Å². The Labute approximate surface area is 170 Å². The standard InChI is InChI=1S/C20H21N7O3/c1-2-3-14(19(28)29)15(17-24-26-27-25-17)8-11-4-6-12(7-5-11)13-9-16-18(21-10-13)23-20(30)22-16/h4-7,9-10,14-15H,2-3,8H2,1H3,(H,28,29)(H2,21,22,23,30)(H,24,25,26,27). The van der Waals surface area contributed by atoms with Gasteiger partial charge in [0, 0.05) is 17.7 Å². The van der Waals surface area contributed by atoms with Crippen LogP contribution >= 0.6 is 0 Å². The molecule has 0 aliphatic carbocycles. The summed E-state index contributed by atoms with van der Waals surface area (Å²) in [7, 11) is 0. The van der Waals surface area contributed by atoms with Crippen LogP contribution in [-0.4, -0.2) is 46.7 Å². The predicted octanol–water partition coefficient (Wildman–Crippen LogP) is 2.26. The number of H-pyrrole nitrogens is 3. The van der Waals surface area contributed by atoms with Crippen molar-refractivity contribution in [2.75, 3.05) is 0 Å². The number of nitrogens with one attached hydrogen (secondary N) is 3. The maximum atomic E-state index is 11.8. The molecule has 3 aromatic heterocycles. The maximum absolute atomic E-state index is 11.8. The highest BCUT2D eigenvalue weighted by Gasteiger charge is 2.31. The van der Waals surface area contributed by atoms with E-state index in [0.29, 0.717) is 29.8 Å². The fraction of sp³-hybridized carbons (Fsp3) is 0.300. The Kier molecular flexibility index (Phi) is 5.38. The van der Waals surface area contributed by atoms with Gasteiger partial charge in [-0.3, -0.25) is 9.78 Å². The smallest absolute Gasteiger partial charge is 0.325 e. The molecule has 4 rings (SSSR count). The fourth-order valence-corrected chi connectivity index (χ4v) is 3.71. The highest BCUT2D eigenvalue weighted by atomic mass is 16.4. The van der Waals surface area contributed by atoms with Crippen molar-refractivity contribution in [3.8, 4) is 11.1 Å². The number of aliphatic carboxylic acids is 1. The highest BCUT2D eigenvalue weighted by Crippen LogP contribution is 2.30. The molecule has 10 nitrogen and oxygen atoms in total. The molecule has 0 radical (unpaired) electrons. The van der Waals surface area contributed by atoms with Crippen molar-refractivity contribution < 1.29 is 9.90 Å². The second kappa shape index (κ2) is 8.27. The molecule has 0 aliphatic heterocycles. The normalized spacial score (nSPS) is 13.4. The van der Waals surface area contributed by atoms with E-state index in [9.17, 15) is 14.7 Å². The van der Waals surface area contributed by atoms with E-state index in [1.54, 1.807) is 6.20 Å². The Bertz CT molecular complexity index is 1200. The number of imidazole rings is 1. The molecule has 0 saturated carbocycles. The van der Waals surface area contributed by atoms with Gasteiger partial charge >= 0.3 is 11.7 Å². The number of tetrazole rings is 1. The lowest BCUT2D eigenvalue weighted by Gasteiger charge is -2.21. The Morgan fingerprint density at radius 1 is 1.17 bits per heavy atom. The van der Waals surface area contributed by atoms with Crippen LogP contribution in [0.4, 0.5) is 0 Å². The van der Waals surface area contributed by atoms with Gasteiger partial charge in [0.2, 0.25) is 0 Å². The van der Waals surface area contributed by atoms with Crippen LogP contribution in [0, 0.1) is 5.92 Å². The summed E-state index contributed by atoms with van der Waals surface area (Å²) in [6.07, 6.45) is 3.47. The van der Waals surface area contributed by atoms with E-state index in [1.807, 2.05) is 37.3 Å². The van der Waals surface area contributed by atoms with Gasteiger partial charge in [-0.25, -0.2) is 9.78 Å². The number of hydrogen-bond donors (Lipinski definition) is 4. The number of rotatable bonds is 8. The fourth-order valence-electron chi connectivity index (χ4n) is 3.71. The Morgan fingerprint density at radius 2 is 1.97 bits per heavy atom. The average Bonchev–Trinajstić information content (AvgIpc) is 3.39. The van der Waals surface area contributed by atoms with E-state index in [2.05, 4.69) is 35.6 Å². The number of carboxylic acids is 1. The number of pyridine rings is 1. The zero-order chi connectivity index (χ0) is 21.1. The zero-order valence-corrected chi connectivity index (χ0v) is 16.3. The number of aromatic nitrogens is 7. The first-order chi connectivity index (χ1) is 14.5. The van der Waals surface area contributed by atoms with E-state index in [4.69, 9.17) is 0 Å². The molecular weight excluding hydrogens is 386 g/mol. The third-order valence-electron chi connectivity index (χ3n) is 5.21. The largest absolute Gasteiger partial charge is 0.481 e. The van der Waals surface area contributed by atoms with Gasteiger partial charge in [-0.05, 0) is 30.0 Å². The van der Waals surface area contributed by atoms with Gasteiger partial charge in [0.15, 0.2) is 11.5 Å². The van der Waals surface area contributed by atoms with E-state index in [-0.39, 0.29) is 11.6 Å². The summed E-state index contributed by atoms with van der Waals surface area (Å²) in [5, 5.41) is 23.8. The highest BCUT2D eigenvalue weighted by molar-refractivity contribution is 5.77. The average molecular weight is 407 g/mol. The summed E-state index contributed by atoms with van der Waals surface area (Å²) >= 11 is 0. The molecule has 0 saturated heterocycles. The SMILES string of the molecule is CCCC(C(=O)O)C(Cc1ccc(-c2cnc3[nH]c(=O)[nH]c3c2)cc1)c1nn[nH]n1. The number of benzene rings is 1. The van der Waals surface area contributed by atoms with Gasteiger partial charge < -0.3 is 10.1 Å². The molecule has 2 unspecified atom stereocenters. The van der Waals surface area contributed by atoms with Gasteiger partial charge in [-0.15, -0.1) is 10.2 Å². The monoisotopic (exact) mass is 407 g/mol. The van der Waals surface area contributed by atoms with Crippen molar-refractivity contribution in [2.24, 2.45) is 5.92 Å². The minimum absolute atomic E-state index is 0.294. The molecule has 10 heteroatoms. The first-order valence-corrected chi connectivity index (χ1v) is 9.68. The maximum Gasteiger partial charge on any atom is 0.325 e. The molecule has 0 fully saturated rings. The molecule has 4 aromatic rings. The topological polar surface area (TPSA) is 153 Å². The van der Waals surface area contributed by atoms with Crippen molar-refractivity contribution in [3.05, 3.63) is 58.4 Å². The molecule has 30 heavy (non-hydrogen) atoms. The van der Waals surface area contributed by atoms with E-state index in [0.717, 1.165) is 23.1 Å². The summed E-state index contributed by atoms with van der Waals surface area (Å²) in [4.78, 5) is 32.9. The number of carboxylic acid groups (broad SMARTS) is 1. The summed E-state index contributed by atoms with van der Waals surface area (Å²) in [6, 6.07) is 9.67. The Hall–Kier alpha value is -3.82. The molecule has 0 bridgehead atoms. The summed E-state index contributed by atoms with van der Waals surface area (Å²) in [5.41, 5.74) is 3.64. The number of hydrogen-bond acceptors (Lipinski definition) is 6. The van der Waals surface area contributed by atoms with Crippen molar-refractivity contribution in [2.45, 2.75) is 32.1 Å². The predicted molar refractivity (Wildman–Crippen MR) is 109 cm³/mol. The third-order valence-corrected chi connectivity index (χ3v) is 5.21. The van der Waals surface area contributed by atoms with Crippen LogP contribution in [-0.2, 0) is 11.2 Å². The minimum Gasteiger partial charge on any atom is -0.481 e. The summed E-state index contributed by atoms with van der Waals surface area (Å²) in [5.74, 6) is -1.42. The minimum atomic E-state index is -0.858. The van der Waals surface area contributed by atoms with Crippen LogP contribution in [0.25, 0.3) is 22.3 Å². The number of aromatic amines is 3. The Balaban J connectivity index is 1.59. The van der Waals surface area contributed by atoms with Crippen molar-refractivity contribution >= 4 is 17.1 Å². The van der Waals surface area contributed by atoms with Gasteiger partial charge in [0.25, 0.3) is 0 Å². The molecule has 2 atom stereocenters. The van der Waals surface area contributed by atoms with Crippen LogP contribution in [0.1, 0.15) is 37.1 Å². The van der Waals surface area contributed by atoms with Gasteiger partial charge in [0.05, 0.1) is 11.4 Å². The zero-order valence-electron chi connectivity index (χ0n) is 16.3. The number of carbonyl (C=O) groups is 1. The number of fused-ring (bicyclic) bond motifs is 1. The lowest BCUT2D eigenvalue weighted by atomic mass is 9.83.